The molecule has 2 aromatic carbocycles. The van der Waals surface area contributed by atoms with Crippen LogP contribution in [0.1, 0.15) is 56.7 Å². The van der Waals surface area contributed by atoms with Crippen LogP contribution in [-0.4, -0.2) is 81.6 Å². The maximum atomic E-state index is 12.5. The molecule has 1 amide bonds. The van der Waals surface area contributed by atoms with Gasteiger partial charge in [-0.3, -0.25) is 4.90 Å². The number of ether oxygens (including phenoxy) is 2. The van der Waals surface area contributed by atoms with Gasteiger partial charge in [0.1, 0.15) is 17.5 Å². The lowest BCUT2D eigenvalue weighted by molar-refractivity contribution is -0.159. The van der Waals surface area contributed by atoms with Gasteiger partial charge in [-0.15, -0.1) is 0 Å². The second-order valence-electron chi connectivity index (χ2n) is 11.8. The average molecular weight is 593 g/mol. The van der Waals surface area contributed by atoms with Gasteiger partial charge in [0.25, 0.3) is 0 Å². The lowest BCUT2D eigenvalue weighted by Crippen LogP contribution is -2.35. The van der Waals surface area contributed by atoms with Crippen LogP contribution in [0.5, 0.6) is 0 Å². The van der Waals surface area contributed by atoms with Crippen molar-refractivity contribution in [1.29, 1.82) is 0 Å². The smallest absolute Gasteiger partial charge is 0.414 e. The number of amides is 1. The van der Waals surface area contributed by atoms with Crippen LogP contribution in [0.4, 0.5) is 10.5 Å². The van der Waals surface area contributed by atoms with Gasteiger partial charge in [0.15, 0.2) is 0 Å². The number of nitrogens with zero attached hydrogens (tertiary/aromatic N) is 4. The van der Waals surface area contributed by atoms with E-state index in [1.54, 1.807) is 7.05 Å². The van der Waals surface area contributed by atoms with Crippen molar-refractivity contribution < 1.29 is 34.1 Å². The van der Waals surface area contributed by atoms with E-state index in [9.17, 15) is 4.79 Å². The van der Waals surface area contributed by atoms with E-state index in [2.05, 4.69) is 47.0 Å². The Morgan fingerprint density at radius 3 is 2.19 bits per heavy atom. The van der Waals surface area contributed by atoms with Crippen LogP contribution >= 0.6 is 0 Å². The number of anilines is 1. The summed E-state index contributed by atoms with van der Waals surface area (Å²) < 4.78 is 14.6. The number of carbonyl (C=O) groups excluding carboxylic acids is 1. The maximum absolute atomic E-state index is 12.5. The normalized spacial score (nSPS) is 17.0. The summed E-state index contributed by atoms with van der Waals surface area (Å²) in [5.41, 5.74) is 4.72. The van der Waals surface area contributed by atoms with Crippen LogP contribution in [0.2, 0.25) is 0 Å². The molecule has 230 valence electrons. The lowest BCUT2D eigenvalue weighted by atomic mass is 10.00. The molecule has 0 saturated carbocycles. The molecule has 3 heterocycles. The fourth-order valence-electron chi connectivity index (χ4n) is 5.09. The SMILES string of the molecule is CN1CCC(OC2c3ccccc3CCn3cc(-c4ccc(N(C)C(=O)OC(C)(C)C)cc4)nc32)CC1.O=C(O)C(=O)O. The first-order valence-electron chi connectivity index (χ1n) is 14.3. The van der Waals surface area contributed by atoms with E-state index in [0.717, 1.165) is 61.7 Å². The van der Waals surface area contributed by atoms with Gasteiger partial charge in [0.05, 0.1) is 11.8 Å². The van der Waals surface area contributed by atoms with Gasteiger partial charge < -0.3 is 29.2 Å². The van der Waals surface area contributed by atoms with Crippen molar-refractivity contribution in [3.63, 3.8) is 0 Å². The predicted octanol–water partition coefficient (Wildman–Crippen LogP) is 4.83. The van der Waals surface area contributed by atoms with Crippen LogP contribution in [-0.2, 0) is 32.0 Å². The number of imidazole rings is 1. The number of piperidine rings is 1. The maximum Gasteiger partial charge on any atom is 0.414 e. The molecule has 11 heteroatoms. The summed E-state index contributed by atoms with van der Waals surface area (Å²) in [6, 6.07) is 16.5. The summed E-state index contributed by atoms with van der Waals surface area (Å²) in [4.78, 5) is 39.7. The largest absolute Gasteiger partial charge is 0.473 e. The minimum absolute atomic E-state index is 0.182. The first-order valence-corrected chi connectivity index (χ1v) is 14.3. The summed E-state index contributed by atoms with van der Waals surface area (Å²) in [6.45, 7) is 8.59. The van der Waals surface area contributed by atoms with E-state index >= 15 is 0 Å². The summed E-state index contributed by atoms with van der Waals surface area (Å²) in [7, 11) is 3.90. The topological polar surface area (TPSA) is 134 Å². The van der Waals surface area contributed by atoms with Gasteiger partial charge in [-0.05, 0) is 70.3 Å². The van der Waals surface area contributed by atoms with Gasteiger partial charge in [-0.2, -0.15) is 0 Å². The highest BCUT2D eigenvalue weighted by Gasteiger charge is 2.31. The second-order valence-corrected chi connectivity index (χ2v) is 11.8. The van der Waals surface area contributed by atoms with Crippen molar-refractivity contribution in [3.8, 4) is 11.3 Å². The lowest BCUT2D eigenvalue weighted by Gasteiger charge is -2.32. The molecule has 0 radical (unpaired) electrons. The van der Waals surface area contributed by atoms with Crippen molar-refractivity contribution in [2.45, 2.75) is 64.4 Å². The molecule has 1 saturated heterocycles. The highest BCUT2D eigenvalue weighted by Crippen LogP contribution is 2.36. The number of fused-ring (bicyclic) bond motifs is 2. The molecular weight excluding hydrogens is 552 g/mol. The van der Waals surface area contributed by atoms with Crippen LogP contribution in [0, 0.1) is 0 Å². The molecule has 0 spiro atoms. The number of aryl methyl sites for hydroxylation is 2. The summed E-state index contributed by atoms with van der Waals surface area (Å²) in [6.07, 6.45) is 4.83. The van der Waals surface area contributed by atoms with Gasteiger partial charge in [0.2, 0.25) is 0 Å². The minimum Gasteiger partial charge on any atom is -0.473 e. The third-order valence-corrected chi connectivity index (χ3v) is 7.40. The van der Waals surface area contributed by atoms with E-state index in [1.165, 1.54) is 16.0 Å². The van der Waals surface area contributed by atoms with Crippen LogP contribution in [0.15, 0.2) is 54.7 Å². The highest BCUT2D eigenvalue weighted by molar-refractivity contribution is 6.27. The number of carboxylic acids is 2. The van der Waals surface area contributed by atoms with Crippen LogP contribution in [0.3, 0.4) is 0 Å². The molecule has 0 aliphatic carbocycles. The molecular formula is C32H40N4O7. The third-order valence-electron chi connectivity index (χ3n) is 7.40. The Hall–Kier alpha value is -4.22. The zero-order chi connectivity index (χ0) is 31.3. The van der Waals surface area contributed by atoms with Crippen molar-refractivity contribution >= 4 is 23.7 Å². The Morgan fingerprint density at radius 1 is 0.953 bits per heavy atom. The number of rotatable bonds is 4. The Bertz CT molecular complexity index is 1420. The highest BCUT2D eigenvalue weighted by atomic mass is 16.6. The number of aliphatic carboxylic acids is 2. The Morgan fingerprint density at radius 2 is 1.58 bits per heavy atom. The molecule has 3 aromatic rings. The number of likely N-dealkylation sites (tertiary alicyclic amines) is 1. The van der Waals surface area contributed by atoms with E-state index in [0.29, 0.717) is 0 Å². The molecule has 2 N–H and O–H groups in total. The zero-order valence-electron chi connectivity index (χ0n) is 25.3. The molecule has 1 atom stereocenters. The first kappa shape index (κ1) is 31.7. The Labute approximate surface area is 251 Å². The number of hydrogen-bond donors (Lipinski definition) is 2. The monoisotopic (exact) mass is 592 g/mol. The molecule has 5 rings (SSSR count). The molecule has 0 bridgehead atoms. The molecule has 11 nitrogen and oxygen atoms in total. The van der Waals surface area contributed by atoms with Gasteiger partial charge >= 0.3 is 18.0 Å². The minimum atomic E-state index is -1.82. The van der Waals surface area contributed by atoms with E-state index in [1.807, 2.05) is 45.0 Å². The van der Waals surface area contributed by atoms with Crippen LogP contribution in [0.25, 0.3) is 11.3 Å². The molecule has 1 unspecified atom stereocenters. The number of carbonyl (C=O) groups is 3. The van der Waals surface area contributed by atoms with E-state index in [-0.39, 0.29) is 18.3 Å². The first-order chi connectivity index (χ1) is 20.3. The van der Waals surface area contributed by atoms with Crippen molar-refractivity contribution in [1.82, 2.24) is 14.5 Å². The fourth-order valence-corrected chi connectivity index (χ4v) is 5.09. The van der Waals surface area contributed by atoms with Crippen molar-refractivity contribution in [3.05, 3.63) is 71.7 Å². The summed E-state index contributed by atoms with van der Waals surface area (Å²) in [5, 5.41) is 14.8. The van der Waals surface area contributed by atoms with Gasteiger partial charge in [-0.1, -0.05) is 36.4 Å². The van der Waals surface area contributed by atoms with Crippen molar-refractivity contribution in [2.75, 3.05) is 32.1 Å². The van der Waals surface area contributed by atoms with E-state index < -0.39 is 17.5 Å². The second kappa shape index (κ2) is 13.4. The third kappa shape index (κ3) is 8.20. The fraction of sp³-hybridized carbons (Fsp3) is 0.438. The van der Waals surface area contributed by atoms with Gasteiger partial charge in [0, 0.05) is 44.1 Å². The molecule has 43 heavy (non-hydrogen) atoms. The van der Waals surface area contributed by atoms with Gasteiger partial charge in [-0.25, -0.2) is 19.4 Å². The number of carboxylic acid groups (broad SMARTS) is 2. The molecule has 2 aliphatic rings. The zero-order valence-corrected chi connectivity index (χ0v) is 25.3. The molecule has 2 aliphatic heterocycles. The number of hydrogen-bond acceptors (Lipinski definition) is 7. The number of aromatic nitrogens is 2. The quantitative estimate of drug-likeness (QED) is 0.408. The molecule has 1 aromatic heterocycles. The Kier molecular flexibility index (Phi) is 9.87. The summed E-state index contributed by atoms with van der Waals surface area (Å²) >= 11 is 0. The predicted molar refractivity (Wildman–Crippen MR) is 161 cm³/mol. The van der Waals surface area contributed by atoms with Crippen LogP contribution < -0.4 is 4.90 Å². The molecule has 1 fully saturated rings. The Balaban J connectivity index is 0.000000641. The van der Waals surface area contributed by atoms with Crippen molar-refractivity contribution in [2.24, 2.45) is 0 Å². The van der Waals surface area contributed by atoms with E-state index in [4.69, 9.17) is 34.3 Å². The number of benzene rings is 2. The average Bonchev–Trinajstić information content (AvgIpc) is 3.33. The summed E-state index contributed by atoms with van der Waals surface area (Å²) in [5.74, 6) is -2.68. The standard InChI is InChI=1S/C30H38N4O3.C2H2O4/c1-30(2,3)37-29(35)33(5)23-12-10-22(11-13-23)26-20-34-19-14-21-8-6-7-9-25(21)27(28(34)31-26)36-24-15-17-32(4)18-16-24;3-1(4)2(5)6/h6-13,20,24,27H,14-19H2,1-5H3;(H,3,4)(H,5,6).